The third-order valence-corrected chi connectivity index (χ3v) is 6.89. The molecule has 0 aliphatic carbocycles. The van der Waals surface area contributed by atoms with Gasteiger partial charge < -0.3 is 5.32 Å². The standard InChI is InChI=1S/C19H23BrN2O3S/c1-5-22(6-2)26(24,25)15-8-9-17(20)16(12-15)19(23)21-18-10-7-13(3)11-14(18)4/h7-12H,5-6H2,1-4H3,(H,21,23). The van der Waals surface area contributed by atoms with Gasteiger partial charge in [0.1, 0.15) is 0 Å². The van der Waals surface area contributed by atoms with Gasteiger partial charge in [-0.3, -0.25) is 4.79 Å². The van der Waals surface area contributed by atoms with E-state index >= 15 is 0 Å². The second-order valence-electron chi connectivity index (χ2n) is 6.00. The zero-order valence-electron chi connectivity index (χ0n) is 15.3. The molecular weight excluding hydrogens is 416 g/mol. The van der Waals surface area contributed by atoms with E-state index in [1.807, 2.05) is 32.0 Å². The summed E-state index contributed by atoms with van der Waals surface area (Å²) in [6, 6.07) is 10.2. The molecule has 0 radical (unpaired) electrons. The molecule has 2 aromatic carbocycles. The van der Waals surface area contributed by atoms with Gasteiger partial charge in [0.25, 0.3) is 5.91 Å². The number of aryl methyl sites for hydroxylation is 2. The van der Waals surface area contributed by atoms with Crippen molar-refractivity contribution in [2.24, 2.45) is 0 Å². The van der Waals surface area contributed by atoms with Crippen LogP contribution in [-0.4, -0.2) is 31.7 Å². The van der Waals surface area contributed by atoms with Gasteiger partial charge in [0.2, 0.25) is 10.0 Å². The van der Waals surface area contributed by atoms with Crippen LogP contribution in [0, 0.1) is 13.8 Å². The Kier molecular flexibility index (Phi) is 6.60. The van der Waals surface area contributed by atoms with Crippen molar-refractivity contribution in [2.75, 3.05) is 18.4 Å². The Labute approximate surface area is 163 Å². The maximum Gasteiger partial charge on any atom is 0.256 e. The number of sulfonamides is 1. The number of amides is 1. The zero-order valence-corrected chi connectivity index (χ0v) is 17.7. The second kappa shape index (κ2) is 8.33. The highest BCUT2D eigenvalue weighted by Crippen LogP contribution is 2.25. The molecule has 0 aliphatic rings. The van der Waals surface area contributed by atoms with Crippen molar-refractivity contribution in [2.45, 2.75) is 32.6 Å². The summed E-state index contributed by atoms with van der Waals surface area (Å²) >= 11 is 3.34. The number of nitrogens with one attached hydrogen (secondary N) is 1. The molecule has 0 saturated heterocycles. The first kappa shape index (κ1) is 20.6. The molecule has 0 spiro atoms. The van der Waals surface area contributed by atoms with Crippen molar-refractivity contribution in [3.8, 4) is 0 Å². The number of carbonyl (C=O) groups is 1. The lowest BCUT2D eigenvalue weighted by Gasteiger charge is -2.19. The van der Waals surface area contributed by atoms with Gasteiger partial charge in [-0.1, -0.05) is 31.5 Å². The van der Waals surface area contributed by atoms with E-state index in [0.29, 0.717) is 23.2 Å². The van der Waals surface area contributed by atoms with E-state index in [9.17, 15) is 13.2 Å². The summed E-state index contributed by atoms with van der Waals surface area (Å²) in [7, 11) is -3.63. The predicted octanol–water partition coefficient (Wildman–Crippen LogP) is 4.35. The van der Waals surface area contributed by atoms with Gasteiger partial charge in [-0.15, -0.1) is 0 Å². The number of nitrogens with zero attached hydrogens (tertiary/aromatic N) is 1. The summed E-state index contributed by atoms with van der Waals surface area (Å²) in [6.45, 7) is 8.22. The number of benzene rings is 2. The van der Waals surface area contributed by atoms with Crippen LogP contribution < -0.4 is 5.32 Å². The molecule has 140 valence electrons. The lowest BCUT2D eigenvalue weighted by Crippen LogP contribution is -2.30. The monoisotopic (exact) mass is 438 g/mol. The van der Waals surface area contributed by atoms with Crippen LogP contribution >= 0.6 is 15.9 Å². The largest absolute Gasteiger partial charge is 0.322 e. The minimum Gasteiger partial charge on any atom is -0.322 e. The van der Waals surface area contributed by atoms with E-state index < -0.39 is 10.0 Å². The van der Waals surface area contributed by atoms with Crippen molar-refractivity contribution in [3.05, 3.63) is 57.6 Å². The smallest absolute Gasteiger partial charge is 0.256 e. The summed E-state index contributed by atoms with van der Waals surface area (Å²) in [5.41, 5.74) is 3.03. The lowest BCUT2D eigenvalue weighted by atomic mass is 10.1. The summed E-state index contributed by atoms with van der Waals surface area (Å²) in [5, 5.41) is 2.85. The maximum atomic E-state index is 12.7. The Hall–Kier alpha value is -1.70. The minimum atomic E-state index is -3.63. The molecule has 0 fully saturated rings. The van der Waals surface area contributed by atoms with Crippen LogP contribution in [0.5, 0.6) is 0 Å². The van der Waals surface area contributed by atoms with Crippen molar-refractivity contribution in [1.82, 2.24) is 4.31 Å². The van der Waals surface area contributed by atoms with Crippen molar-refractivity contribution < 1.29 is 13.2 Å². The molecule has 5 nitrogen and oxygen atoms in total. The first-order valence-corrected chi connectivity index (χ1v) is 10.6. The van der Waals surface area contributed by atoms with Gasteiger partial charge in [-0.25, -0.2) is 8.42 Å². The Morgan fingerprint density at radius 2 is 1.73 bits per heavy atom. The van der Waals surface area contributed by atoms with E-state index in [1.54, 1.807) is 19.9 Å². The summed E-state index contributed by atoms with van der Waals surface area (Å²) in [6.07, 6.45) is 0. The van der Waals surface area contributed by atoms with E-state index in [1.165, 1.54) is 16.4 Å². The zero-order chi connectivity index (χ0) is 19.5. The molecule has 0 aromatic heterocycles. The van der Waals surface area contributed by atoms with Gasteiger partial charge in [-0.2, -0.15) is 4.31 Å². The Balaban J connectivity index is 2.39. The number of rotatable bonds is 6. The molecule has 1 N–H and O–H groups in total. The van der Waals surface area contributed by atoms with Gasteiger partial charge in [-0.05, 0) is 59.6 Å². The normalized spacial score (nSPS) is 11.6. The van der Waals surface area contributed by atoms with E-state index in [0.717, 1.165) is 11.1 Å². The second-order valence-corrected chi connectivity index (χ2v) is 8.80. The van der Waals surface area contributed by atoms with Crippen LogP contribution in [-0.2, 0) is 10.0 Å². The number of hydrogen-bond donors (Lipinski definition) is 1. The molecule has 0 aliphatic heterocycles. The Morgan fingerprint density at radius 1 is 1.08 bits per heavy atom. The highest BCUT2D eigenvalue weighted by atomic mass is 79.9. The molecule has 0 heterocycles. The lowest BCUT2D eigenvalue weighted by molar-refractivity contribution is 0.102. The fourth-order valence-corrected chi connectivity index (χ4v) is 4.61. The predicted molar refractivity (Wildman–Crippen MR) is 108 cm³/mol. The van der Waals surface area contributed by atoms with E-state index in [-0.39, 0.29) is 16.4 Å². The molecule has 0 atom stereocenters. The molecule has 0 saturated carbocycles. The first-order valence-electron chi connectivity index (χ1n) is 8.39. The summed E-state index contributed by atoms with van der Waals surface area (Å²) in [4.78, 5) is 12.8. The molecule has 7 heteroatoms. The van der Waals surface area contributed by atoms with Crippen LogP contribution in [0.1, 0.15) is 35.3 Å². The molecular formula is C19H23BrN2O3S. The summed E-state index contributed by atoms with van der Waals surface area (Å²) < 4.78 is 27.3. The highest BCUT2D eigenvalue weighted by Gasteiger charge is 2.24. The number of halogens is 1. The van der Waals surface area contributed by atoms with E-state index in [2.05, 4.69) is 21.2 Å². The van der Waals surface area contributed by atoms with Gasteiger partial charge in [0.15, 0.2) is 0 Å². The van der Waals surface area contributed by atoms with Crippen molar-refractivity contribution in [3.63, 3.8) is 0 Å². The van der Waals surface area contributed by atoms with Gasteiger partial charge in [0, 0.05) is 23.2 Å². The van der Waals surface area contributed by atoms with Crippen LogP contribution in [0.2, 0.25) is 0 Å². The molecule has 2 rings (SSSR count). The van der Waals surface area contributed by atoms with Crippen LogP contribution in [0.25, 0.3) is 0 Å². The molecule has 0 bridgehead atoms. The van der Waals surface area contributed by atoms with Crippen LogP contribution in [0.3, 0.4) is 0 Å². The number of hydrogen-bond acceptors (Lipinski definition) is 3. The fourth-order valence-electron chi connectivity index (χ4n) is 2.69. The van der Waals surface area contributed by atoms with Gasteiger partial charge in [0.05, 0.1) is 10.5 Å². The Bertz CT molecular complexity index is 922. The average molecular weight is 439 g/mol. The summed E-state index contributed by atoms with van der Waals surface area (Å²) in [5.74, 6) is -0.361. The minimum absolute atomic E-state index is 0.107. The third kappa shape index (κ3) is 4.34. The molecule has 2 aromatic rings. The fraction of sp³-hybridized carbons (Fsp3) is 0.316. The van der Waals surface area contributed by atoms with Crippen LogP contribution in [0.4, 0.5) is 5.69 Å². The maximum absolute atomic E-state index is 12.7. The van der Waals surface area contributed by atoms with Crippen molar-refractivity contribution >= 4 is 37.5 Å². The molecule has 26 heavy (non-hydrogen) atoms. The number of anilines is 1. The molecule has 0 unspecified atom stereocenters. The number of carbonyl (C=O) groups excluding carboxylic acids is 1. The highest BCUT2D eigenvalue weighted by molar-refractivity contribution is 9.10. The van der Waals surface area contributed by atoms with E-state index in [4.69, 9.17) is 0 Å². The van der Waals surface area contributed by atoms with Crippen LogP contribution in [0.15, 0.2) is 45.8 Å². The van der Waals surface area contributed by atoms with Gasteiger partial charge >= 0.3 is 0 Å². The third-order valence-electron chi connectivity index (χ3n) is 4.16. The SMILES string of the molecule is CCN(CC)S(=O)(=O)c1ccc(Br)c(C(=O)Nc2ccc(C)cc2C)c1. The quantitative estimate of drug-likeness (QED) is 0.728. The van der Waals surface area contributed by atoms with Crippen molar-refractivity contribution in [1.29, 1.82) is 0 Å². The molecule has 1 amide bonds. The topological polar surface area (TPSA) is 66.5 Å². The average Bonchev–Trinajstić information content (AvgIpc) is 2.58. The Morgan fingerprint density at radius 3 is 2.31 bits per heavy atom. The first-order chi connectivity index (χ1) is 12.2.